The number of rotatable bonds is 5. The number of aromatic nitrogens is 2. The van der Waals surface area contributed by atoms with E-state index in [2.05, 4.69) is 9.97 Å². The Morgan fingerprint density at radius 3 is 2.50 bits per heavy atom. The van der Waals surface area contributed by atoms with Crippen molar-refractivity contribution in [2.75, 3.05) is 7.11 Å². The van der Waals surface area contributed by atoms with Crippen LogP contribution in [0.5, 0.6) is 5.75 Å². The quantitative estimate of drug-likeness (QED) is 0.616. The molecule has 5 nitrogen and oxygen atoms in total. The zero-order valence-corrected chi connectivity index (χ0v) is 10.7. The summed E-state index contributed by atoms with van der Waals surface area (Å²) in [7, 11) is 1.33. The first-order valence-electron chi connectivity index (χ1n) is 5.79. The second-order valence-electron chi connectivity index (χ2n) is 3.94. The number of carbonyl (C=O) groups is 2. The van der Waals surface area contributed by atoms with Gasteiger partial charge < -0.3 is 4.74 Å². The van der Waals surface area contributed by atoms with Gasteiger partial charge in [0.2, 0.25) is 5.78 Å². The van der Waals surface area contributed by atoms with Crippen molar-refractivity contribution < 1.29 is 18.7 Å². The molecule has 0 aliphatic carbocycles. The fourth-order valence-corrected chi connectivity index (χ4v) is 1.61. The van der Waals surface area contributed by atoms with Crippen LogP contribution in [-0.4, -0.2) is 28.6 Å². The predicted octanol–water partition coefficient (Wildman–Crippen LogP) is 2.08. The summed E-state index contributed by atoms with van der Waals surface area (Å²) in [5, 5.41) is 0. The summed E-state index contributed by atoms with van der Waals surface area (Å²) in [4.78, 5) is 31.2. The van der Waals surface area contributed by atoms with Crippen LogP contribution < -0.4 is 4.74 Å². The van der Waals surface area contributed by atoms with Gasteiger partial charge >= 0.3 is 0 Å². The summed E-state index contributed by atoms with van der Waals surface area (Å²) in [6.45, 7) is 0. The van der Waals surface area contributed by atoms with Crippen molar-refractivity contribution in [1.82, 2.24) is 9.97 Å². The third kappa shape index (κ3) is 3.03. The summed E-state index contributed by atoms with van der Waals surface area (Å²) in [6, 6.07) is 5.35. The highest BCUT2D eigenvalue weighted by atomic mass is 19.1. The first-order chi connectivity index (χ1) is 9.61. The van der Waals surface area contributed by atoms with Crippen molar-refractivity contribution in [3.05, 3.63) is 53.9 Å². The lowest BCUT2D eigenvalue weighted by Crippen LogP contribution is -2.11. The molecule has 0 bridgehead atoms. The molecular weight excluding hydrogens is 263 g/mol. The van der Waals surface area contributed by atoms with Crippen LogP contribution in [0, 0.1) is 5.82 Å². The van der Waals surface area contributed by atoms with Gasteiger partial charge in [0.1, 0.15) is 0 Å². The standard InChI is InChI=1S/C14H11FN2O3/c1-20-13-4-3-9(7-10(13)15)11(18)8-12(19)14-16-5-2-6-17-14/h2-7H,8H2,1H3. The van der Waals surface area contributed by atoms with Crippen LogP contribution in [0.1, 0.15) is 27.4 Å². The Labute approximate surface area is 114 Å². The molecule has 0 aliphatic rings. The van der Waals surface area contributed by atoms with Gasteiger partial charge in [-0.2, -0.15) is 0 Å². The Bertz CT molecular complexity index is 644. The van der Waals surface area contributed by atoms with E-state index in [9.17, 15) is 14.0 Å². The van der Waals surface area contributed by atoms with E-state index in [0.29, 0.717) is 0 Å². The Morgan fingerprint density at radius 2 is 1.90 bits per heavy atom. The molecule has 0 unspecified atom stereocenters. The van der Waals surface area contributed by atoms with E-state index in [1.165, 1.54) is 31.6 Å². The van der Waals surface area contributed by atoms with Gasteiger partial charge in [-0.1, -0.05) is 0 Å². The second kappa shape index (κ2) is 6.01. The number of Topliss-reactive ketones (excluding diaryl/α,β-unsaturated/α-hetero) is 2. The zero-order chi connectivity index (χ0) is 14.5. The lowest BCUT2D eigenvalue weighted by molar-refractivity contribution is 0.0888. The molecule has 1 aromatic heterocycles. The molecule has 0 saturated heterocycles. The first-order valence-corrected chi connectivity index (χ1v) is 5.79. The van der Waals surface area contributed by atoms with Gasteiger partial charge in [0, 0.05) is 18.0 Å². The SMILES string of the molecule is COc1ccc(C(=O)CC(=O)c2ncccn2)cc1F. The molecule has 0 atom stereocenters. The smallest absolute Gasteiger partial charge is 0.207 e. The third-order valence-electron chi connectivity index (χ3n) is 2.61. The fourth-order valence-electron chi connectivity index (χ4n) is 1.61. The van der Waals surface area contributed by atoms with Gasteiger partial charge in [-0.05, 0) is 24.3 Å². The highest BCUT2D eigenvalue weighted by Gasteiger charge is 2.17. The molecule has 102 valence electrons. The van der Waals surface area contributed by atoms with Crippen LogP contribution in [0.2, 0.25) is 0 Å². The predicted molar refractivity (Wildman–Crippen MR) is 68.3 cm³/mol. The molecule has 0 amide bonds. The number of halogens is 1. The number of methoxy groups -OCH3 is 1. The average molecular weight is 274 g/mol. The Balaban J connectivity index is 2.13. The van der Waals surface area contributed by atoms with Gasteiger partial charge in [0.25, 0.3) is 0 Å². The molecule has 0 aliphatic heterocycles. The summed E-state index contributed by atoms with van der Waals surface area (Å²) in [5.41, 5.74) is 0.104. The van der Waals surface area contributed by atoms with Gasteiger partial charge in [-0.3, -0.25) is 9.59 Å². The number of hydrogen-bond acceptors (Lipinski definition) is 5. The van der Waals surface area contributed by atoms with E-state index in [0.717, 1.165) is 6.07 Å². The van der Waals surface area contributed by atoms with Crippen molar-refractivity contribution in [2.45, 2.75) is 6.42 Å². The number of hydrogen-bond donors (Lipinski definition) is 0. The van der Waals surface area contributed by atoms with Crippen LogP contribution in [0.4, 0.5) is 4.39 Å². The molecule has 0 radical (unpaired) electrons. The molecule has 20 heavy (non-hydrogen) atoms. The van der Waals surface area contributed by atoms with Crippen molar-refractivity contribution >= 4 is 11.6 Å². The van der Waals surface area contributed by atoms with Crippen molar-refractivity contribution in [2.24, 2.45) is 0 Å². The van der Waals surface area contributed by atoms with Crippen LogP contribution >= 0.6 is 0 Å². The zero-order valence-electron chi connectivity index (χ0n) is 10.7. The lowest BCUT2D eigenvalue weighted by atomic mass is 10.1. The third-order valence-corrected chi connectivity index (χ3v) is 2.61. The summed E-state index contributed by atoms with van der Waals surface area (Å²) >= 11 is 0. The molecule has 1 heterocycles. The van der Waals surface area contributed by atoms with Crippen LogP contribution in [0.3, 0.4) is 0 Å². The highest BCUT2D eigenvalue weighted by Crippen LogP contribution is 2.18. The van der Waals surface area contributed by atoms with Crippen molar-refractivity contribution in [3.63, 3.8) is 0 Å². The number of nitrogens with zero attached hydrogens (tertiary/aromatic N) is 2. The minimum Gasteiger partial charge on any atom is -0.494 e. The second-order valence-corrected chi connectivity index (χ2v) is 3.94. The summed E-state index contributed by atoms with van der Waals surface area (Å²) in [6.07, 6.45) is 2.42. The van der Waals surface area contributed by atoms with Gasteiger partial charge in [0.15, 0.2) is 23.2 Å². The molecule has 1 aromatic carbocycles. The molecule has 0 N–H and O–H groups in total. The lowest BCUT2D eigenvalue weighted by Gasteiger charge is -2.04. The molecule has 2 aromatic rings. The molecule has 0 saturated carbocycles. The monoisotopic (exact) mass is 274 g/mol. The maximum Gasteiger partial charge on any atom is 0.207 e. The van der Waals surface area contributed by atoms with Gasteiger partial charge in [0.05, 0.1) is 13.5 Å². The van der Waals surface area contributed by atoms with Gasteiger partial charge in [-0.25, -0.2) is 14.4 Å². The van der Waals surface area contributed by atoms with Crippen molar-refractivity contribution in [1.29, 1.82) is 0 Å². The average Bonchev–Trinajstić information content (AvgIpc) is 2.48. The van der Waals surface area contributed by atoms with Crippen LogP contribution in [-0.2, 0) is 0 Å². The van der Waals surface area contributed by atoms with E-state index in [4.69, 9.17) is 4.74 Å². The van der Waals surface area contributed by atoms with Crippen molar-refractivity contribution in [3.8, 4) is 5.75 Å². The number of carbonyl (C=O) groups excluding carboxylic acids is 2. The molecule has 6 heteroatoms. The topological polar surface area (TPSA) is 69.2 Å². The number of ether oxygens (including phenoxy) is 1. The maximum absolute atomic E-state index is 13.5. The fraction of sp³-hybridized carbons (Fsp3) is 0.143. The molecule has 0 spiro atoms. The molecular formula is C14H11FN2O3. The maximum atomic E-state index is 13.5. The highest BCUT2D eigenvalue weighted by molar-refractivity contribution is 6.12. The minimum absolute atomic E-state index is 0.0326. The number of benzene rings is 1. The minimum atomic E-state index is -0.651. The Morgan fingerprint density at radius 1 is 1.20 bits per heavy atom. The van der Waals surface area contributed by atoms with Gasteiger partial charge in [-0.15, -0.1) is 0 Å². The first kappa shape index (κ1) is 13.8. The summed E-state index contributed by atoms with van der Waals surface area (Å²) < 4.78 is 18.2. The molecule has 2 rings (SSSR count). The molecule has 0 fully saturated rings. The van der Waals surface area contributed by atoms with E-state index in [-0.39, 0.29) is 17.1 Å². The van der Waals surface area contributed by atoms with E-state index in [1.54, 1.807) is 6.07 Å². The van der Waals surface area contributed by atoms with E-state index < -0.39 is 23.8 Å². The Kier molecular flexibility index (Phi) is 4.14. The normalized spacial score (nSPS) is 10.1. The van der Waals surface area contributed by atoms with E-state index in [1.807, 2.05) is 0 Å². The van der Waals surface area contributed by atoms with Crippen LogP contribution in [0.25, 0.3) is 0 Å². The number of ketones is 2. The summed E-state index contributed by atoms with van der Waals surface area (Å²) in [5.74, 6) is -1.65. The van der Waals surface area contributed by atoms with E-state index >= 15 is 0 Å². The van der Waals surface area contributed by atoms with Crippen LogP contribution in [0.15, 0.2) is 36.7 Å². The largest absolute Gasteiger partial charge is 0.494 e. The Hall–Kier alpha value is -2.63.